The smallest absolute Gasteiger partial charge is 0.258 e. The monoisotopic (exact) mass is 243 g/mol. The van der Waals surface area contributed by atoms with Gasteiger partial charge in [0.05, 0.1) is 0 Å². The normalized spacial score (nSPS) is 10.1. The largest absolute Gasteiger partial charge is 0.508 e. The topological polar surface area (TPSA) is 60.8 Å². The molecule has 0 aliphatic heterocycles. The van der Waals surface area contributed by atoms with Crippen molar-refractivity contribution in [2.45, 2.75) is 0 Å². The van der Waals surface area contributed by atoms with Gasteiger partial charge in [-0.1, -0.05) is 18.2 Å². The first kappa shape index (κ1) is 12.0. The Hall–Kier alpha value is -2.49. The Labute approximate surface area is 105 Å². The fraction of sp³-hybridized carbons (Fsp3) is 0.0714. The van der Waals surface area contributed by atoms with Crippen LogP contribution in [0.2, 0.25) is 0 Å². The second-order valence-corrected chi connectivity index (χ2v) is 3.94. The van der Waals surface area contributed by atoms with Crippen LogP contribution in [-0.2, 0) is 0 Å². The Kier molecular flexibility index (Phi) is 3.19. The number of para-hydroxylation sites is 1. The molecule has 2 aromatic carbocycles. The van der Waals surface area contributed by atoms with Crippen molar-refractivity contribution in [3.8, 4) is 11.5 Å². The molecule has 92 valence electrons. The van der Waals surface area contributed by atoms with Crippen molar-refractivity contribution in [1.82, 2.24) is 0 Å². The number of hydrogen-bond donors (Lipinski definition) is 2. The summed E-state index contributed by atoms with van der Waals surface area (Å²) in [6.07, 6.45) is 0. The van der Waals surface area contributed by atoms with E-state index in [1.54, 1.807) is 19.2 Å². The molecule has 0 unspecified atom stereocenters. The predicted octanol–water partition coefficient (Wildman–Crippen LogP) is 2.37. The van der Waals surface area contributed by atoms with Crippen molar-refractivity contribution in [3.63, 3.8) is 0 Å². The number of hydrogen-bond acceptors (Lipinski definition) is 3. The standard InChI is InChI=1S/C14H13NO3/c1-15(11-5-3-2-4-6-11)14(18)10-7-12(16)9-13(17)8-10/h2-9,16-17H,1H3. The van der Waals surface area contributed by atoms with E-state index in [4.69, 9.17) is 0 Å². The highest BCUT2D eigenvalue weighted by molar-refractivity contribution is 6.06. The van der Waals surface area contributed by atoms with E-state index >= 15 is 0 Å². The van der Waals surface area contributed by atoms with Gasteiger partial charge < -0.3 is 15.1 Å². The zero-order chi connectivity index (χ0) is 13.1. The Morgan fingerprint density at radius 3 is 2.11 bits per heavy atom. The highest BCUT2D eigenvalue weighted by Crippen LogP contribution is 2.22. The fourth-order valence-corrected chi connectivity index (χ4v) is 1.68. The second kappa shape index (κ2) is 4.79. The molecule has 2 rings (SSSR count). The molecule has 2 N–H and O–H groups in total. The maximum Gasteiger partial charge on any atom is 0.258 e. The third kappa shape index (κ3) is 2.43. The molecule has 4 heteroatoms. The summed E-state index contributed by atoms with van der Waals surface area (Å²) in [5.74, 6) is -0.577. The van der Waals surface area contributed by atoms with E-state index in [9.17, 15) is 15.0 Å². The van der Waals surface area contributed by atoms with Crippen LogP contribution >= 0.6 is 0 Å². The zero-order valence-corrected chi connectivity index (χ0v) is 9.87. The van der Waals surface area contributed by atoms with E-state index in [1.165, 1.54) is 23.1 Å². The Balaban J connectivity index is 2.31. The van der Waals surface area contributed by atoms with E-state index in [-0.39, 0.29) is 23.0 Å². The summed E-state index contributed by atoms with van der Waals surface area (Å²) < 4.78 is 0. The van der Waals surface area contributed by atoms with Crippen molar-refractivity contribution in [2.24, 2.45) is 0 Å². The summed E-state index contributed by atoms with van der Waals surface area (Å²) in [5.41, 5.74) is 0.976. The van der Waals surface area contributed by atoms with Crippen LogP contribution in [0.25, 0.3) is 0 Å². The van der Waals surface area contributed by atoms with Crippen LogP contribution in [-0.4, -0.2) is 23.2 Å². The number of amides is 1. The molecule has 1 amide bonds. The van der Waals surface area contributed by atoms with Crippen molar-refractivity contribution in [2.75, 3.05) is 11.9 Å². The zero-order valence-electron chi connectivity index (χ0n) is 9.87. The quantitative estimate of drug-likeness (QED) is 0.851. The van der Waals surface area contributed by atoms with Crippen LogP contribution < -0.4 is 4.90 Å². The van der Waals surface area contributed by atoms with E-state index in [0.717, 1.165) is 5.69 Å². The molecule has 4 nitrogen and oxygen atoms in total. The number of benzene rings is 2. The van der Waals surface area contributed by atoms with Crippen LogP contribution in [0.15, 0.2) is 48.5 Å². The minimum absolute atomic E-state index is 0.139. The lowest BCUT2D eigenvalue weighted by molar-refractivity contribution is 0.0992. The number of phenols is 2. The van der Waals surface area contributed by atoms with Gasteiger partial charge in [-0.25, -0.2) is 0 Å². The van der Waals surface area contributed by atoms with Crippen LogP contribution in [0.5, 0.6) is 11.5 Å². The maximum absolute atomic E-state index is 12.2. The van der Waals surface area contributed by atoms with Crippen molar-refractivity contribution >= 4 is 11.6 Å². The third-order valence-corrected chi connectivity index (χ3v) is 2.60. The fourth-order valence-electron chi connectivity index (χ4n) is 1.68. The van der Waals surface area contributed by atoms with Gasteiger partial charge in [0.1, 0.15) is 11.5 Å². The number of anilines is 1. The first-order valence-corrected chi connectivity index (χ1v) is 5.44. The molecule has 0 radical (unpaired) electrons. The van der Waals surface area contributed by atoms with Gasteiger partial charge in [0.25, 0.3) is 5.91 Å². The van der Waals surface area contributed by atoms with Crippen LogP contribution in [0, 0.1) is 0 Å². The highest BCUT2D eigenvalue weighted by atomic mass is 16.3. The molecule has 0 fully saturated rings. The van der Waals surface area contributed by atoms with E-state index < -0.39 is 0 Å². The predicted molar refractivity (Wildman–Crippen MR) is 68.9 cm³/mol. The molecule has 0 saturated heterocycles. The molecule has 0 heterocycles. The minimum Gasteiger partial charge on any atom is -0.508 e. The first-order chi connectivity index (χ1) is 8.58. The summed E-state index contributed by atoms with van der Waals surface area (Å²) in [7, 11) is 1.64. The van der Waals surface area contributed by atoms with Crippen molar-refractivity contribution < 1.29 is 15.0 Å². The highest BCUT2D eigenvalue weighted by Gasteiger charge is 2.14. The minimum atomic E-state index is -0.299. The Bertz CT molecular complexity index is 546. The molecule has 0 atom stereocenters. The average molecular weight is 243 g/mol. The van der Waals surface area contributed by atoms with Gasteiger partial charge in [0, 0.05) is 24.4 Å². The van der Waals surface area contributed by atoms with Crippen LogP contribution in [0.3, 0.4) is 0 Å². The number of rotatable bonds is 2. The van der Waals surface area contributed by atoms with E-state index in [2.05, 4.69) is 0 Å². The van der Waals surface area contributed by atoms with Gasteiger partial charge in [0.2, 0.25) is 0 Å². The van der Waals surface area contributed by atoms with Gasteiger partial charge in [-0.05, 0) is 24.3 Å². The van der Waals surface area contributed by atoms with Gasteiger partial charge in [-0.15, -0.1) is 0 Å². The number of carbonyl (C=O) groups is 1. The second-order valence-electron chi connectivity index (χ2n) is 3.94. The van der Waals surface area contributed by atoms with Crippen molar-refractivity contribution in [3.05, 3.63) is 54.1 Å². The number of carbonyl (C=O) groups excluding carboxylic acids is 1. The first-order valence-electron chi connectivity index (χ1n) is 5.44. The van der Waals surface area contributed by atoms with E-state index in [1.807, 2.05) is 18.2 Å². The molecule has 18 heavy (non-hydrogen) atoms. The number of phenolic OH excluding ortho intramolecular Hbond substituents is 2. The number of aromatic hydroxyl groups is 2. The SMILES string of the molecule is CN(C(=O)c1cc(O)cc(O)c1)c1ccccc1. The van der Waals surface area contributed by atoms with Gasteiger partial charge >= 0.3 is 0 Å². The number of nitrogens with zero attached hydrogens (tertiary/aromatic N) is 1. The van der Waals surface area contributed by atoms with E-state index in [0.29, 0.717) is 0 Å². The molecule has 0 saturated carbocycles. The average Bonchev–Trinajstić information content (AvgIpc) is 2.37. The molecular formula is C14H13NO3. The summed E-state index contributed by atoms with van der Waals surface area (Å²) in [5, 5.41) is 18.7. The van der Waals surface area contributed by atoms with Crippen LogP contribution in [0.4, 0.5) is 5.69 Å². The summed E-state index contributed by atoms with van der Waals surface area (Å²) in [4.78, 5) is 13.6. The Morgan fingerprint density at radius 1 is 1.00 bits per heavy atom. The summed E-state index contributed by atoms with van der Waals surface area (Å²) in [6.45, 7) is 0. The third-order valence-electron chi connectivity index (χ3n) is 2.60. The lowest BCUT2D eigenvalue weighted by atomic mass is 10.1. The molecule has 0 aliphatic rings. The molecule has 0 aliphatic carbocycles. The molecule has 0 bridgehead atoms. The summed E-state index contributed by atoms with van der Waals surface area (Å²) >= 11 is 0. The molecule has 0 spiro atoms. The maximum atomic E-state index is 12.2. The Morgan fingerprint density at radius 2 is 1.56 bits per heavy atom. The lowest BCUT2D eigenvalue weighted by Gasteiger charge is -2.17. The summed E-state index contributed by atoms with van der Waals surface area (Å²) in [6, 6.07) is 13.0. The molecule has 0 aromatic heterocycles. The van der Waals surface area contributed by atoms with Gasteiger partial charge in [0.15, 0.2) is 0 Å². The van der Waals surface area contributed by atoms with Crippen molar-refractivity contribution in [1.29, 1.82) is 0 Å². The molecular weight excluding hydrogens is 230 g/mol. The van der Waals surface area contributed by atoms with Gasteiger partial charge in [-0.3, -0.25) is 4.79 Å². The van der Waals surface area contributed by atoms with Crippen LogP contribution in [0.1, 0.15) is 10.4 Å². The molecule has 2 aromatic rings. The lowest BCUT2D eigenvalue weighted by Crippen LogP contribution is -2.25. The van der Waals surface area contributed by atoms with Gasteiger partial charge in [-0.2, -0.15) is 0 Å².